The average Bonchev–Trinajstić information content (AvgIpc) is 2.74. The second-order valence-electron chi connectivity index (χ2n) is 4.01. The van der Waals surface area contributed by atoms with Crippen LogP contribution in [0.3, 0.4) is 0 Å². The van der Waals surface area contributed by atoms with Gasteiger partial charge in [0, 0.05) is 17.6 Å². The van der Waals surface area contributed by atoms with Gasteiger partial charge in [-0.25, -0.2) is 0 Å². The summed E-state index contributed by atoms with van der Waals surface area (Å²) >= 11 is 0. The fraction of sp³-hybridized carbons (Fsp3) is 0.417. The Kier molecular flexibility index (Phi) is 2.62. The van der Waals surface area contributed by atoms with Gasteiger partial charge in [-0.1, -0.05) is 12.8 Å². The van der Waals surface area contributed by atoms with E-state index < -0.39 is 11.6 Å². The van der Waals surface area contributed by atoms with Gasteiger partial charge in [0.1, 0.15) is 0 Å². The lowest BCUT2D eigenvalue weighted by molar-refractivity contribution is -0.131. The molecule has 0 saturated heterocycles. The van der Waals surface area contributed by atoms with Crippen LogP contribution < -0.4 is 0 Å². The van der Waals surface area contributed by atoms with Gasteiger partial charge in [-0.2, -0.15) is 0 Å². The minimum atomic E-state index is -0.584. The zero-order chi connectivity index (χ0) is 10.8. The maximum absolute atomic E-state index is 11.9. The van der Waals surface area contributed by atoms with Crippen LogP contribution >= 0.6 is 0 Å². The van der Waals surface area contributed by atoms with Crippen LogP contribution in [-0.2, 0) is 14.4 Å². The number of Topliss-reactive ketones (excluding diaryl/α,β-unsaturated/α-hetero) is 1. The number of allylic oxidation sites excluding steroid dienone is 4. The summed E-state index contributed by atoms with van der Waals surface area (Å²) in [7, 11) is 0. The Balaban J connectivity index is 2.14. The van der Waals surface area contributed by atoms with Gasteiger partial charge < -0.3 is 0 Å². The molecule has 0 aromatic rings. The van der Waals surface area contributed by atoms with Crippen LogP contribution in [0.25, 0.3) is 0 Å². The summed E-state index contributed by atoms with van der Waals surface area (Å²) in [5.41, 5.74) is 0.395. The molecule has 0 aromatic carbocycles. The molecule has 0 radical (unpaired) electrons. The highest BCUT2D eigenvalue weighted by molar-refractivity contribution is 6.47. The largest absolute Gasteiger partial charge is 0.294 e. The molecule has 1 fully saturated rings. The van der Waals surface area contributed by atoms with Crippen molar-refractivity contribution in [3.63, 3.8) is 0 Å². The highest BCUT2D eigenvalue weighted by Crippen LogP contribution is 2.28. The topological polar surface area (TPSA) is 51.2 Å². The molecule has 0 aromatic heterocycles. The van der Waals surface area contributed by atoms with Gasteiger partial charge in [0.15, 0.2) is 5.78 Å². The van der Waals surface area contributed by atoms with E-state index in [2.05, 4.69) is 0 Å². The molecule has 0 unspecified atom stereocenters. The van der Waals surface area contributed by atoms with Crippen LogP contribution in [0.4, 0.5) is 0 Å². The number of hydrogen-bond acceptors (Lipinski definition) is 3. The summed E-state index contributed by atoms with van der Waals surface area (Å²) < 4.78 is 0. The van der Waals surface area contributed by atoms with E-state index in [0.717, 1.165) is 25.7 Å². The first-order valence-electron chi connectivity index (χ1n) is 5.21. The second kappa shape index (κ2) is 3.93. The zero-order valence-electron chi connectivity index (χ0n) is 8.36. The van der Waals surface area contributed by atoms with E-state index in [-0.39, 0.29) is 11.7 Å². The van der Waals surface area contributed by atoms with Crippen LogP contribution in [0.1, 0.15) is 25.7 Å². The van der Waals surface area contributed by atoms with Crippen molar-refractivity contribution in [2.24, 2.45) is 5.92 Å². The van der Waals surface area contributed by atoms with Crippen molar-refractivity contribution in [1.29, 1.82) is 0 Å². The van der Waals surface area contributed by atoms with Gasteiger partial charge in [0.05, 0.1) is 0 Å². The Bertz CT molecular complexity index is 382. The van der Waals surface area contributed by atoms with Crippen molar-refractivity contribution in [2.75, 3.05) is 0 Å². The van der Waals surface area contributed by atoms with E-state index in [9.17, 15) is 14.4 Å². The minimum absolute atomic E-state index is 0.0181. The summed E-state index contributed by atoms with van der Waals surface area (Å²) in [6.07, 6.45) is 7.80. The lowest BCUT2D eigenvalue weighted by Gasteiger charge is -2.09. The normalized spacial score (nSPS) is 22.0. The molecule has 0 amide bonds. The molecule has 3 nitrogen and oxygen atoms in total. The van der Waals surface area contributed by atoms with E-state index >= 15 is 0 Å². The van der Waals surface area contributed by atoms with Gasteiger partial charge in [-0.3, -0.25) is 14.4 Å². The summed E-state index contributed by atoms with van der Waals surface area (Å²) in [6, 6.07) is 0. The fourth-order valence-corrected chi connectivity index (χ4v) is 2.09. The Morgan fingerprint density at radius 1 is 1.07 bits per heavy atom. The van der Waals surface area contributed by atoms with Crippen molar-refractivity contribution in [1.82, 2.24) is 0 Å². The van der Waals surface area contributed by atoms with Gasteiger partial charge in [-0.15, -0.1) is 0 Å². The summed E-state index contributed by atoms with van der Waals surface area (Å²) in [6.45, 7) is 0. The van der Waals surface area contributed by atoms with E-state index in [1.807, 2.05) is 0 Å². The van der Waals surface area contributed by atoms with Crippen molar-refractivity contribution < 1.29 is 14.4 Å². The number of ketones is 3. The highest BCUT2D eigenvalue weighted by atomic mass is 16.2. The maximum atomic E-state index is 11.9. The molecular formula is C12H12O3. The Hall–Kier alpha value is -1.51. The van der Waals surface area contributed by atoms with Crippen molar-refractivity contribution in [3.05, 3.63) is 23.8 Å². The van der Waals surface area contributed by atoms with Crippen LogP contribution in [0.5, 0.6) is 0 Å². The molecule has 2 rings (SSSR count). The molecule has 2 aliphatic carbocycles. The Morgan fingerprint density at radius 3 is 2.33 bits per heavy atom. The lowest BCUT2D eigenvalue weighted by atomic mass is 9.92. The van der Waals surface area contributed by atoms with E-state index in [1.165, 1.54) is 18.2 Å². The molecule has 0 atom stereocenters. The fourth-order valence-electron chi connectivity index (χ4n) is 2.09. The van der Waals surface area contributed by atoms with Crippen molar-refractivity contribution >= 4 is 17.3 Å². The number of carbonyl (C=O) groups excluding carboxylic acids is 3. The molecule has 15 heavy (non-hydrogen) atoms. The number of rotatable bonds is 2. The second-order valence-corrected chi connectivity index (χ2v) is 4.01. The van der Waals surface area contributed by atoms with Gasteiger partial charge in [-0.05, 0) is 25.0 Å². The van der Waals surface area contributed by atoms with Gasteiger partial charge >= 0.3 is 0 Å². The molecule has 3 heteroatoms. The van der Waals surface area contributed by atoms with Crippen molar-refractivity contribution in [2.45, 2.75) is 25.7 Å². The number of carbonyl (C=O) groups is 3. The first-order chi connectivity index (χ1) is 7.18. The molecule has 0 aliphatic heterocycles. The molecule has 0 heterocycles. The molecule has 0 spiro atoms. The van der Waals surface area contributed by atoms with Crippen LogP contribution in [-0.4, -0.2) is 17.3 Å². The predicted octanol–water partition coefficient (Wildman–Crippen LogP) is 1.38. The molecule has 1 saturated carbocycles. The minimum Gasteiger partial charge on any atom is -0.294 e. The third-order valence-electron chi connectivity index (χ3n) is 2.95. The maximum Gasteiger partial charge on any atom is 0.226 e. The van der Waals surface area contributed by atoms with Crippen LogP contribution in [0.2, 0.25) is 0 Å². The van der Waals surface area contributed by atoms with Gasteiger partial charge in [0.2, 0.25) is 11.6 Å². The molecule has 0 N–H and O–H groups in total. The smallest absolute Gasteiger partial charge is 0.226 e. The Morgan fingerprint density at radius 2 is 1.73 bits per heavy atom. The SMILES string of the molecule is O=C1C=CC(C(=O)C2CCCC2)=CC1=O. The van der Waals surface area contributed by atoms with E-state index in [4.69, 9.17) is 0 Å². The Labute approximate surface area is 87.8 Å². The zero-order valence-corrected chi connectivity index (χ0v) is 8.36. The van der Waals surface area contributed by atoms with Gasteiger partial charge in [0.25, 0.3) is 0 Å². The molecule has 2 aliphatic rings. The lowest BCUT2D eigenvalue weighted by Crippen LogP contribution is -2.19. The summed E-state index contributed by atoms with van der Waals surface area (Å²) in [5, 5.41) is 0. The third kappa shape index (κ3) is 1.96. The molecule has 78 valence electrons. The predicted molar refractivity (Wildman–Crippen MR) is 54.2 cm³/mol. The third-order valence-corrected chi connectivity index (χ3v) is 2.95. The first kappa shape index (κ1) is 10.0. The summed E-state index contributed by atoms with van der Waals surface area (Å²) in [4.78, 5) is 33.9. The molecular weight excluding hydrogens is 192 g/mol. The highest BCUT2D eigenvalue weighted by Gasteiger charge is 2.26. The standard InChI is InChI=1S/C12H12O3/c13-10-6-5-9(7-11(10)14)12(15)8-3-1-2-4-8/h5-8H,1-4H2. The first-order valence-corrected chi connectivity index (χ1v) is 5.21. The van der Waals surface area contributed by atoms with Crippen LogP contribution in [0.15, 0.2) is 23.8 Å². The van der Waals surface area contributed by atoms with Crippen molar-refractivity contribution in [3.8, 4) is 0 Å². The monoisotopic (exact) mass is 204 g/mol. The number of hydrogen-bond donors (Lipinski definition) is 0. The average molecular weight is 204 g/mol. The van der Waals surface area contributed by atoms with E-state index in [0.29, 0.717) is 5.57 Å². The quantitative estimate of drug-likeness (QED) is 0.504. The molecule has 0 bridgehead atoms. The van der Waals surface area contributed by atoms with E-state index in [1.54, 1.807) is 0 Å². The summed E-state index contributed by atoms with van der Waals surface area (Å²) in [5.74, 6) is -1.05. The van der Waals surface area contributed by atoms with Crippen LogP contribution in [0, 0.1) is 5.92 Å².